The van der Waals surface area contributed by atoms with Gasteiger partial charge in [0.25, 0.3) is 0 Å². The first-order chi connectivity index (χ1) is 8.34. The molecule has 1 aliphatic heterocycles. The molecule has 1 saturated carbocycles. The third-order valence-electron chi connectivity index (χ3n) is 3.09. The van der Waals surface area contributed by atoms with Gasteiger partial charge < -0.3 is 5.32 Å². The first-order valence-electron chi connectivity index (χ1n) is 6.07. The normalized spacial score (nSPS) is 25.4. The van der Waals surface area contributed by atoms with Crippen LogP contribution in [-0.4, -0.2) is 37.9 Å². The molecular weight excluding hydrogens is 238 g/mol. The maximum absolute atomic E-state index is 11.8. The van der Waals surface area contributed by atoms with Crippen LogP contribution in [0.4, 0.5) is 0 Å². The number of aromatic nitrogens is 4. The fourth-order valence-corrected chi connectivity index (χ4v) is 3.07. The Morgan fingerprint density at radius 1 is 1.29 bits per heavy atom. The van der Waals surface area contributed by atoms with E-state index in [-0.39, 0.29) is 11.2 Å². The number of nitrogens with one attached hydrogen (secondary N) is 1. The summed E-state index contributed by atoms with van der Waals surface area (Å²) in [6, 6.07) is 0.460. The zero-order chi connectivity index (χ0) is 11.7. The van der Waals surface area contributed by atoms with Crippen LogP contribution in [0.15, 0.2) is 5.16 Å². The van der Waals surface area contributed by atoms with Gasteiger partial charge in [-0.2, -0.15) is 0 Å². The highest BCUT2D eigenvalue weighted by molar-refractivity contribution is 8.00. The summed E-state index contributed by atoms with van der Waals surface area (Å²) in [5, 5.41) is 15.4. The van der Waals surface area contributed by atoms with Crippen molar-refractivity contribution in [3.63, 3.8) is 0 Å². The Balaban J connectivity index is 1.71. The van der Waals surface area contributed by atoms with Crippen LogP contribution in [0.3, 0.4) is 0 Å². The molecule has 1 atom stereocenters. The zero-order valence-electron chi connectivity index (χ0n) is 9.50. The summed E-state index contributed by atoms with van der Waals surface area (Å²) in [4.78, 5) is 11.8. The van der Waals surface area contributed by atoms with Crippen LogP contribution in [-0.2, 0) is 4.79 Å². The summed E-state index contributed by atoms with van der Waals surface area (Å²) < 4.78 is 1.86. The minimum absolute atomic E-state index is 0.0407. The summed E-state index contributed by atoms with van der Waals surface area (Å²) >= 11 is 1.50. The SMILES string of the molecule is O=C1NCCCCC1Sc1nnnn1C1CC1. The van der Waals surface area contributed by atoms with Crippen molar-refractivity contribution in [2.45, 2.75) is 48.6 Å². The Morgan fingerprint density at radius 3 is 3.00 bits per heavy atom. The average Bonchev–Trinajstić information content (AvgIpc) is 3.09. The molecule has 2 heterocycles. The third kappa shape index (κ3) is 2.43. The lowest BCUT2D eigenvalue weighted by Gasteiger charge is -2.11. The Bertz CT molecular complexity index is 417. The number of rotatable bonds is 3. The Hall–Kier alpha value is -1.11. The second-order valence-electron chi connectivity index (χ2n) is 4.53. The molecular formula is C10H15N5OS. The molecule has 92 valence electrons. The molecule has 3 rings (SSSR count). The van der Waals surface area contributed by atoms with Gasteiger partial charge in [0.2, 0.25) is 11.1 Å². The van der Waals surface area contributed by atoms with Gasteiger partial charge in [0.1, 0.15) is 0 Å². The first-order valence-corrected chi connectivity index (χ1v) is 6.95. The summed E-state index contributed by atoms with van der Waals surface area (Å²) in [5.41, 5.74) is 0. The molecule has 0 aromatic carbocycles. The number of hydrogen-bond acceptors (Lipinski definition) is 5. The predicted molar refractivity (Wildman–Crippen MR) is 62.6 cm³/mol. The molecule has 7 heteroatoms. The van der Waals surface area contributed by atoms with Crippen LogP contribution in [0.2, 0.25) is 0 Å². The minimum Gasteiger partial charge on any atom is -0.355 e. The number of thioether (sulfide) groups is 1. The van der Waals surface area contributed by atoms with E-state index in [9.17, 15) is 4.79 Å². The second-order valence-corrected chi connectivity index (χ2v) is 5.70. The van der Waals surface area contributed by atoms with E-state index in [2.05, 4.69) is 20.8 Å². The smallest absolute Gasteiger partial charge is 0.233 e. The molecule has 1 amide bonds. The van der Waals surface area contributed by atoms with Crippen molar-refractivity contribution < 1.29 is 4.79 Å². The monoisotopic (exact) mass is 253 g/mol. The lowest BCUT2D eigenvalue weighted by molar-refractivity contribution is -0.120. The van der Waals surface area contributed by atoms with E-state index in [1.54, 1.807) is 0 Å². The lowest BCUT2D eigenvalue weighted by Crippen LogP contribution is -2.30. The largest absolute Gasteiger partial charge is 0.355 e. The number of tetrazole rings is 1. The number of hydrogen-bond donors (Lipinski definition) is 1. The van der Waals surface area contributed by atoms with E-state index in [0.29, 0.717) is 6.04 Å². The van der Waals surface area contributed by atoms with Crippen molar-refractivity contribution >= 4 is 17.7 Å². The number of nitrogens with zero attached hydrogens (tertiary/aromatic N) is 4. The predicted octanol–water partition coefficient (Wildman–Crippen LogP) is 0.769. The average molecular weight is 253 g/mol. The molecule has 17 heavy (non-hydrogen) atoms. The van der Waals surface area contributed by atoms with Gasteiger partial charge in [0.05, 0.1) is 11.3 Å². The zero-order valence-corrected chi connectivity index (χ0v) is 10.3. The van der Waals surface area contributed by atoms with Gasteiger partial charge in [0.15, 0.2) is 0 Å². The van der Waals surface area contributed by atoms with Crippen LogP contribution in [0.25, 0.3) is 0 Å². The van der Waals surface area contributed by atoms with Crippen LogP contribution in [0, 0.1) is 0 Å². The maximum Gasteiger partial charge on any atom is 0.233 e. The fourth-order valence-electron chi connectivity index (χ4n) is 1.96. The molecule has 0 radical (unpaired) electrons. The summed E-state index contributed by atoms with van der Waals surface area (Å²) in [5.74, 6) is 0.123. The first kappa shape index (κ1) is 11.0. The molecule has 1 aromatic rings. The minimum atomic E-state index is -0.0407. The molecule has 1 unspecified atom stereocenters. The van der Waals surface area contributed by atoms with Crippen LogP contribution in [0.1, 0.15) is 38.1 Å². The Labute approximate surface area is 104 Å². The van der Waals surface area contributed by atoms with Crippen molar-refractivity contribution in [1.82, 2.24) is 25.5 Å². The number of carbonyl (C=O) groups excluding carboxylic acids is 1. The molecule has 6 nitrogen and oxygen atoms in total. The van der Waals surface area contributed by atoms with Gasteiger partial charge in [-0.25, -0.2) is 4.68 Å². The van der Waals surface area contributed by atoms with Gasteiger partial charge in [-0.1, -0.05) is 18.2 Å². The molecule has 2 aliphatic rings. The maximum atomic E-state index is 11.8. The van der Waals surface area contributed by atoms with Gasteiger partial charge in [-0.05, 0) is 36.1 Å². The van der Waals surface area contributed by atoms with E-state index in [1.165, 1.54) is 11.8 Å². The fraction of sp³-hybridized carbons (Fsp3) is 0.800. The van der Waals surface area contributed by atoms with Crippen molar-refractivity contribution in [1.29, 1.82) is 0 Å². The van der Waals surface area contributed by atoms with E-state index < -0.39 is 0 Å². The van der Waals surface area contributed by atoms with Crippen LogP contribution >= 0.6 is 11.8 Å². The topological polar surface area (TPSA) is 72.7 Å². The van der Waals surface area contributed by atoms with Crippen molar-refractivity contribution in [2.75, 3.05) is 6.54 Å². The Kier molecular flexibility index (Phi) is 3.00. The van der Waals surface area contributed by atoms with Crippen molar-refractivity contribution in [2.24, 2.45) is 0 Å². The van der Waals surface area contributed by atoms with E-state index in [4.69, 9.17) is 0 Å². The molecule has 0 spiro atoms. The van der Waals surface area contributed by atoms with Crippen LogP contribution in [0.5, 0.6) is 0 Å². The quantitative estimate of drug-likeness (QED) is 0.861. The third-order valence-corrected chi connectivity index (χ3v) is 4.30. The van der Waals surface area contributed by atoms with E-state index >= 15 is 0 Å². The van der Waals surface area contributed by atoms with E-state index in [1.807, 2.05) is 4.68 Å². The van der Waals surface area contributed by atoms with Gasteiger partial charge >= 0.3 is 0 Å². The molecule has 1 N–H and O–H groups in total. The van der Waals surface area contributed by atoms with E-state index in [0.717, 1.165) is 43.8 Å². The highest BCUT2D eigenvalue weighted by Gasteiger charge is 2.30. The van der Waals surface area contributed by atoms with Gasteiger partial charge in [-0.15, -0.1) is 5.10 Å². The van der Waals surface area contributed by atoms with Gasteiger partial charge in [0, 0.05) is 6.54 Å². The lowest BCUT2D eigenvalue weighted by atomic mass is 10.2. The number of amides is 1. The van der Waals surface area contributed by atoms with Gasteiger partial charge in [-0.3, -0.25) is 4.79 Å². The van der Waals surface area contributed by atoms with Crippen molar-refractivity contribution in [3.8, 4) is 0 Å². The highest BCUT2D eigenvalue weighted by atomic mass is 32.2. The summed E-state index contributed by atoms with van der Waals surface area (Å²) in [6.45, 7) is 0.795. The number of carbonyl (C=O) groups is 1. The summed E-state index contributed by atoms with van der Waals surface area (Å²) in [6.07, 6.45) is 5.36. The second kappa shape index (κ2) is 4.64. The molecule has 1 saturated heterocycles. The molecule has 0 bridgehead atoms. The molecule has 2 fully saturated rings. The van der Waals surface area contributed by atoms with Crippen LogP contribution < -0.4 is 5.32 Å². The van der Waals surface area contributed by atoms with Crippen molar-refractivity contribution in [3.05, 3.63) is 0 Å². The molecule has 1 aliphatic carbocycles. The molecule has 1 aromatic heterocycles. The summed E-state index contributed by atoms with van der Waals surface area (Å²) in [7, 11) is 0. The standard InChI is InChI=1S/C10H15N5OS/c16-9-8(3-1-2-6-11-9)17-10-12-13-14-15(10)7-4-5-7/h7-8H,1-6H2,(H,11,16). The Morgan fingerprint density at radius 2 is 2.18 bits per heavy atom. The highest BCUT2D eigenvalue weighted by Crippen LogP contribution is 2.37.